The van der Waals surface area contributed by atoms with Crippen molar-refractivity contribution in [2.75, 3.05) is 7.11 Å². The van der Waals surface area contributed by atoms with Crippen molar-refractivity contribution < 1.29 is 44.2 Å². The number of aromatic nitrogens is 1. The Labute approximate surface area is 222 Å². The largest absolute Gasteiger partial charge is 0.479 e. The van der Waals surface area contributed by atoms with E-state index in [4.69, 9.17) is 14.2 Å². The predicted octanol–water partition coefficient (Wildman–Crippen LogP) is 1.92. The van der Waals surface area contributed by atoms with E-state index in [1.807, 2.05) is 32.1 Å². The first-order valence-electron chi connectivity index (χ1n) is 13.1. The van der Waals surface area contributed by atoms with E-state index >= 15 is 0 Å². The van der Waals surface area contributed by atoms with Crippen molar-refractivity contribution in [3.8, 4) is 0 Å². The minimum atomic E-state index is -1.13. The smallest absolute Gasteiger partial charge is 0.355 e. The molecule has 0 amide bonds. The van der Waals surface area contributed by atoms with E-state index in [2.05, 4.69) is 4.98 Å². The average molecular weight is 534 g/mol. The van der Waals surface area contributed by atoms with Crippen LogP contribution in [0.4, 0.5) is 0 Å². The molecule has 0 aromatic carbocycles. The van der Waals surface area contributed by atoms with Gasteiger partial charge in [0.25, 0.3) is 0 Å². The Balaban J connectivity index is 1.76. The zero-order chi connectivity index (χ0) is 27.9. The van der Waals surface area contributed by atoms with Gasteiger partial charge < -0.3 is 39.6 Å². The van der Waals surface area contributed by atoms with E-state index in [9.17, 15) is 30.0 Å². The number of nitrogens with one attached hydrogen (secondary N) is 1. The fourth-order valence-corrected chi connectivity index (χ4v) is 6.74. The maximum Gasteiger partial charge on any atom is 0.355 e. The second-order valence-electron chi connectivity index (χ2n) is 11.0. The normalized spacial score (nSPS) is 37.4. The lowest BCUT2D eigenvalue weighted by Crippen LogP contribution is -2.57. The number of aromatic amines is 1. The van der Waals surface area contributed by atoms with Crippen molar-refractivity contribution >= 4 is 11.9 Å². The van der Waals surface area contributed by atoms with Crippen LogP contribution in [0.1, 0.15) is 44.6 Å². The molecule has 0 radical (unpaired) electrons. The van der Waals surface area contributed by atoms with Crippen molar-refractivity contribution in [3.05, 3.63) is 47.8 Å². The molecule has 38 heavy (non-hydrogen) atoms. The Morgan fingerprint density at radius 1 is 1.26 bits per heavy atom. The molecule has 4 rings (SSSR count). The molecule has 0 spiro atoms. The highest BCUT2D eigenvalue weighted by Crippen LogP contribution is 2.61. The van der Waals surface area contributed by atoms with Gasteiger partial charge in [0.1, 0.15) is 23.5 Å². The summed E-state index contributed by atoms with van der Waals surface area (Å²) in [4.78, 5) is 27.6. The molecule has 1 aromatic rings. The summed E-state index contributed by atoms with van der Waals surface area (Å²) in [5.74, 6) is -3.79. The van der Waals surface area contributed by atoms with Crippen LogP contribution in [0.5, 0.6) is 0 Å². The number of aliphatic hydroxyl groups is 3. The van der Waals surface area contributed by atoms with Crippen LogP contribution < -0.4 is 0 Å². The third kappa shape index (κ3) is 4.73. The summed E-state index contributed by atoms with van der Waals surface area (Å²) in [6, 6.07) is 3.30. The number of carbonyl (C=O) groups is 2. The molecule has 12 atom stereocenters. The number of rotatable bonds is 10. The molecule has 10 heteroatoms. The lowest BCUT2D eigenvalue weighted by molar-refractivity contribution is -0.151. The van der Waals surface area contributed by atoms with Crippen LogP contribution in [-0.4, -0.2) is 86.7 Å². The molecule has 1 saturated carbocycles. The molecule has 210 valence electrons. The fraction of sp³-hybridized carbons (Fsp3) is 0.643. The number of hydrogen-bond acceptors (Lipinski definition) is 8. The SMILES string of the molecule is COC(C[C@H]1C=C[C@H]2[C@H]3O[C@]1(/C(C)=C/[C@@H](C)[C@H](O)[C@@H](C)O)[C@@H]2[C@H](O)[C@@H](C)[C@H]3OC(=O)c1ccc[nH]1)C(=O)O. The number of esters is 1. The number of carbonyl (C=O) groups excluding carboxylic acids is 1. The van der Waals surface area contributed by atoms with Gasteiger partial charge in [-0.2, -0.15) is 0 Å². The first kappa shape index (κ1) is 28.5. The van der Waals surface area contributed by atoms with Crippen LogP contribution in [0.25, 0.3) is 0 Å². The average Bonchev–Trinajstić information content (AvgIpc) is 3.47. The topological polar surface area (TPSA) is 159 Å². The first-order valence-corrected chi connectivity index (χ1v) is 13.1. The Hall–Kier alpha value is -2.50. The molecular formula is C28H39NO9. The maximum absolute atomic E-state index is 12.9. The van der Waals surface area contributed by atoms with Crippen LogP contribution in [0.15, 0.2) is 42.1 Å². The number of hydrogen-bond donors (Lipinski definition) is 5. The van der Waals surface area contributed by atoms with E-state index in [1.165, 1.54) is 14.0 Å². The third-order valence-corrected chi connectivity index (χ3v) is 8.74. The van der Waals surface area contributed by atoms with E-state index in [1.54, 1.807) is 25.3 Å². The summed E-state index contributed by atoms with van der Waals surface area (Å²) in [7, 11) is 1.34. The lowest BCUT2D eigenvalue weighted by atomic mass is 9.57. The van der Waals surface area contributed by atoms with Crippen LogP contribution in [0.2, 0.25) is 0 Å². The van der Waals surface area contributed by atoms with Gasteiger partial charge in [0.05, 0.1) is 18.3 Å². The van der Waals surface area contributed by atoms with Crippen molar-refractivity contribution in [1.82, 2.24) is 4.98 Å². The van der Waals surface area contributed by atoms with Crippen molar-refractivity contribution in [2.24, 2.45) is 29.6 Å². The fourth-order valence-electron chi connectivity index (χ4n) is 6.74. The van der Waals surface area contributed by atoms with Gasteiger partial charge in [0.2, 0.25) is 0 Å². The zero-order valence-electron chi connectivity index (χ0n) is 22.4. The summed E-state index contributed by atoms with van der Waals surface area (Å²) in [6.07, 6.45) is 2.03. The van der Waals surface area contributed by atoms with E-state index in [0.29, 0.717) is 11.3 Å². The first-order chi connectivity index (χ1) is 17.9. The van der Waals surface area contributed by atoms with Gasteiger partial charge in [-0.25, -0.2) is 9.59 Å². The summed E-state index contributed by atoms with van der Waals surface area (Å²) in [5, 5.41) is 41.8. The Kier molecular flexibility index (Phi) is 8.20. The van der Waals surface area contributed by atoms with E-state index in [0.717, 1.165) is 0 Å². The van der Waals surface area contributed by atoms with Gasteiger partial charge in [-0.15, -0.1) is 0 Å². The monoisotopic (exact) mass is 533 g/mol. The number of carboxylic acid groups (broad SMARTS) is 1. The molecule has 10 nitrogen and oxygen atoms in total. The van der Waals surface area contributed by atoms with Gasteiger partial charge in [0.15, 0.2) is 6.10 Å². The number of aliphatic carboxylic acids is 1. The van der Waals surface area contributed by atoms with Crippen LogP contribution in [-0.2, 0) is 19.0 Å². The van der Waals surface area contributed by atoms with Crippen molar-refractivity contribution in [2.45, 2.75) is 76.3 Å². The van der Waals surface area contributed by atoms with Gasteiger partial charge >= 0.3 is 11.9 Å². The van der Waals surface area contributed by atoms with E-state index in [-0.39, 0.29) is 12.3 Å². The zero-order valence-corrected chi connectivity index (χ0v) is 22.4. The molecule has 2 fully saturated rings. The molecule has 1 aromatic heterocycles. The predicted molar refractivity (Wildman–Crippen MR) is 136 cm³/mol. The van der Waals surface area contributed by atoms with Crippen molar-refractivity contribution in [3.63, 3.8) is 0 Å². The van der Waals surface area contributed by atoms with Crippen LogP contribution in [0.3, 0.4) is 0 Å². The quantitative estimate of drug-likeness (QED) is 0.224. The van der Waals surface area contributed by atoms with Crippen LogP contribution in [0, 0.1) is 29.6 Å². The highest BCUT2D eigenvalue weighted by atomic mass is 16.6. The molecule has 1 aliphatic heterocycles. The van der Waals surface area contributed by atoms with Crippen LogP contribution >= 0.6 is 0 Å². The highest BCUT2D eigenvalue weighted by Gasteiger charge is 2.68. The Bertz CT molecular complexity index is 1070. The third-order valence-electron chi connectivity index (χ3n) is 8.74. The number of carboxylic acids is 1. The van der Waals surface area contributed by atoms with Gasteiger partial charge in [-0.05, 0) is 38.0 Å². The van der Waals surface area contributed by atoms with Gasteiger partial charge in [-0.1, -0.05) is 32.1 Å². The summed E-state index contributed by atoms with van der Waals surface area (Å²) in [5.41, 5.74) is -0.136. The number of ether oxygens (including phenoxy) is 3. The van der Waals surface area contributed by atoms with E-state index < -0.39 is 77.8 Å². The molecule has 5 N–H and O–H groups in total. The molecule has 1 saturated heterocycles. The van der Waals surface area contributed by atoms with Crippen molar-refractivity contribution in [1.29, 1.82) is 0 Å². The molecule has 2 aliphatic carbocycles. The summed E-state index contributed by atoms with van der Waals surface area (Å²) < 4.78 is 18.0. The Morgan fingerprint density at radius 2 is 1.97 bits per heavy atom. The standard InChI is InChI=1S/C28H39NO9/c1-13(22(31)16(4)30)11-14(2)28-17(12-20(36-5)26(33)34)8-9-18-21(28)23(32)15(3)24(25(18)38-28)37-27(35)19-7-6-10-29-19/h6-11,13,15-18,20-25,29-32H,12H2,1-5H3,(H,33,34)/b14-11+/t13-,15-,16-,17-,18-,20?,21+,22+,23-,24-,25-,28+/m1/s1. The Morgan fingerprint density at radius 3 is 2.55 bits per heavy atom. The minimum Gasteiger partial charge on any atom is -0.479 e. The summed E-state index contributed by atoms with van der Waals surface area (Å²) in [6.45, 7) is 6.95. The second-order valence-corrected chi connectivity index (χ2v) is 11.0. The lowest BCUT2D eigenvalue weighted by Gasteiger charge is -2.48. The molecule has 4 bridgehead atoms. The number of methoxy groups -OCH3 is 1. The molecular weight excluding hydrogens is 494 g/mol. The van der Waals surface area contributed by atoms with Gasteiger partial charge in [0, 0.05) is 42.9 Å². The maximum atomic E-state index is 12.9. The summed E-state index contributed by atoms with van der Waals surface area (Å²) >= 11 is 0. The number of H-pyrrole nitrogens is 1. The highest BCUT2D eigenvalue weighted by molar-refractivity contribution is 5.87. The molecule has 1 unspecified atom stereocenters. The van der Waals surface area contributed by atoms with Gasteiger partial charge in [-0.3, -0.25) is 0 Å². The molecule has 3 aliphatic rings. The number of aliphatic hydroxyl groups excluding tert-OH is 3. The second kappa shape index (κ2) is 10.9. The minimum absolute atomic E-state index is 0.0881. The molecule has 2 heterocycles.